The highest BCUT2D eigenvalue weighted by Gasteiger charge is 2.44. The lowest BCUT2D eigenvalue weighted by atomic mass is 9.88. The summed E-state index contributed by atoms with van der Waals surface area (Å²) in [5.74, 6) is -0.0807. The second-order valence-corrected chi connectivity index (χ2v) is 6.12. The first-order valence-electron chi connectivity index (χ1n) is 7.75. The third-order valence-electron chi connectivity index (χ3n) is 4.32. The number of amides is 1. The molecule has 8 heteroatoms. The van der Waals surface area contributed by atoms with Gasteiger partial charge >= 0.3 is 0 Å². The van der Waals surface area contributed by atoms with Gasteiger partial charge in [0.05, 0.1) is 30.6 Å². The van der Waals surface area contributed by atoms with Crippen LogP contribution < -0.4 is 5.32 Å². The number of nitrogens with zero attached hydrogens (tertiary/aromatic N) is 3. The van der Waals surface area contributed by atoms with E-state index in [1.807, 2.05) is 4.90 Å². The fourth-order valence-corrected chi connectivity index (χ4v) is 3.32. The van der Waals surface area contributed by atoms with Crippen LogP contribution in [0.3, 0.4) is 0 Å². The lowest BCUT2D eigenvalue weighted by Crippen LogP contribution is -2.51. The van der Waals surface area contributed by atoms with Gasteiger partial charge in [-0.25, -0.2) is 14.4 Å². The number of halogens is 1. The van der Waals surface area contributed by atoms with E-state index < -0.39 is 5.82 Å². The van der Waals surface area contributed by atoms with E-state index in [2.05, 4.69) is 15.3 Å². The van der Waals surface area contributed by atoms with Crippen molar-refractivity contribution in [3.05, 3.63) is 18.2 Å². The van der Waals surface area contributed by atoms with E-state index in [1.165, 1.54) is 7.11 Å². The van der Waals surface area contributed by atoms with E-state index in [-0.39, 0.29) is 24.2 Å². The second kappa shape index (κ2) is 6.76. The molecule has 2 saturated heterocycles. The molecule has 126 valence electrons. The van der Waals surface area contributed by atoms with Crippen LogP contribution in [0, 0.1) is 5.82 Å². The number of methoxy groups -OCH3 is 1. The van der Waals surface area contributed by atoms with Crippen LogP contribution in [-0.4, -0.2) is 65.8 Å². The molecule has 2 aliphatic rings. The second-order valence-electron chi connectivity index (χ2n) is 6.12. The van der Waals surface area contributed by atoms with Gasteiger partial charge in [-0.3, -0.25) is 4.79 Å². The molecule has 7 nitrogen and oxygen atoms in total. The lowest BCUT2D eigenvalue weighted by Gasteiger charge is -2.39. The number of anilines is 1. The monoisotopic (exact) mass is 324 g/mol. The van der Waals surface area contributed by atoms with Gasteiger partial charge in [0.15, 0.2) is 5.82 Å². The van der Waals surface area contributed by atoms with E-state index in [9.17, 15) is 9.18 Å². The van der Waals surface area contributed by atoms with Crippen molar-refractivity contribution in [3.8, 4) is 0 Å². The molecule has 0 bridgehead atoms. The summed E-state index contributed by atoms with van der Waals surface area (Å²) < 4.78 is 23.8. The number of piperidine rings is 1. The summed E-state index contributed by atoms with van der Waals surface area (Å²) in [5.41, 5.74) is -0.320. The van der Waals surface area contributed by atoms with E-state index in [1.54, 1.807) is 0 Å². The largest absolute Gasteiger partial charge is 0.375 e. The third kappa shape index (κ3) is 3.76. The summed E-state index contributed by atoms with van der Waals surface area (Å²) in [7, 11) is 1.52. The molecule has 1 amide bonds. The van der Waals surface area contributed by atoms with Gasteiger partial charge in [-0.2, -0.15) is 0 Å². The molecule has 23 heavy (non-hydrogen) atoms. The van der Waals surface area contributed by atoms with Crippen molar-refractivity contribution >= 4 is 11.9 Å². The number of hydrogen-bond donors (Lipinski definition) is 1. The molecule has 2 atom stereocenters. The summed E-state index contributed by atoms with van der Waals surface area (Å²) in [6, 6.07) is 0.0536. The minimum atomic E-state index is -0.464. The molecule has 3 rings (SSSR count). The zero-order chi connectivity index (χ0) is 16.3. The fraction of sp³-hybridized carbons (Fsp3) is 0.667. The molecule has 0 radical (unpaired) electrons. The van der Waals surface area contributed by atoms with Crippen LogP contribution in [0.4, 0.5) is 10.3 Å². The van der Waals surface area contributed by atoms with Gasteiger partial charge < -0.3 is 19.7 Å². The van der Waals surface area contributed by atoms with Gasteiger partial charge in [-0.1, -0.05) is 0 Å². The molecule has 2 aliphatic heterocycles. The highest BCUT2D eigenvalue weighted by Crippen LogP contribution is 2.35. The SMILES string of the molecule is COCC(=O)N1CCC[C@@]2(C[C@@H](Nc3ncc(F)cn3)CO2)C1. The Morgan fingerprint density at radius 2 is 2.35 bits per heavy atom. The van der Waals surface area contributed by atoms with Crippen molar-refractivity contribution in [3.63, 3.8) is 0 Å². The van der Waals surface area contributed by atoms with Gasteiger partial charge in [-0.15, -0.1) is 0 Å². The normalized spacial score (nSPS) is 27.4. The Morgan fingerprint density at radius 1 is 1.57 bits per heavy atom. The van der Waals surface area contributed by atoms with Crippen LogP contribution in [0.15, 0.2) is 12.4 Å². The van der Waals surface area contributed by atoms with Crippen molar-refractivity contribution < 1.29 is 18.7 Å². The van der Waals surface area contributed by atoms with Gasteiger partial charge in [0.2, 0.25) is 11.9 Å². The Morgan fingerprint density at radius 3 is 3.09 bits per heavy atom. The number of nitrogens with one attached hydrogen (secondary N) is 1. The van der Waals surface area contributed by atoms with Crippen LogP contribution in [0.25, 0.3) is 0 Å². The Bertz CT molecular complexity index is 556. The summed E-state index contributed by atoms with van der Waals surface area (Å²) >= 11 is 0. The first-order chi connectivity index (χ1) is 11.1. The predicted octanol–water partition coefficient (Wildman–Crippen LogP) is 0.824. The number of carbonyl (C=O) groups excluding carboxylic acids is 1. The molecule has 1 aromatic heterocycles. The molecule has 0 aliphatic carbocycles. The van der Waals surface area contributed by atoms with Crippen LogP contribution in [0.1, 0.15) is 19.3 Å². The average Bonchev–Trinajstić information content (AvgIpc) is 2.92. The number of aromatic nitrogens is 2. The molecule has 3 heterocycles. The molecular weight excluding hydrogens is 303 g/mol. The van der Waals surface area contributed by atoms with E-state index in [4.69, 9.17) is 9.47 Å². The summed E-state index contributed by atoms with van der Waals surface area (Å²) in [4.78, 5) is 21.6. The zero-order valence-electron chi connectivity index (χ0n) is 13.1. The number of hydrogen-bond acceptors (Lipinski definition) is 6. The Hall–Kier alpha value is -1.80. The maximum atomic E-state index is 12.8. The van der Waals surface area contributed by atoms with E-state index >= 15 is 0 Å². The Balaban J connectivity index is 1.59. The van der Waals surface area contributed by atoms with E-state index in [0.717, 1.165) is 38.2 Å². The molecule has 1 spiro atoms. The molecule has 0 unspecified atom stereocenters. The van der Waals surface area contributed by atoms with Gasteiger partial charge in [0.1, 0.15) is 6.61 Å². The van der Waals surface area contributed by atoms with Crippen molar-refractivity contribution in [1.29, 1.82) is 0 Å². The lowest BCUT2D eigenvalue weighted by molar-refractivity contribution is -0.143. The Labute approximate surface area is 134 Å². The van der Waals surface area contributed by atoms with Crippen LogP contribution in [0.5, 0.6) is 0 Å². The van der Waals surface area contributed by atoms with Gasteiger partial charge in [-0.05, 0) is 12.8 Å². The fourth-order valence-electron chi connectivity index (χ4n) is 3.32. The molecule has 1 aromatic rings. The predicted molar refractivity (Wildman–Crippen MR) is 80.4 cm³/mol. The summed E-state index contributed by atoms with van der Waals surface area (Å²) in [5, 5.41) is 3.17. The summed E-state index contributed by atoms with van der Waals surface area (Å²) in [6.45, 7) is 1.94. The van der Waals surface area contributed by atoms with Crippen molar-refractivity contribution in [2.45, 2.75) is 30.9 Å². The molecule has 0 aromatic carbocycles. The first-order valence-corrected chi connectivity index (χ1v) is 7.75. The van der Waals surface area contributed by atoms with Crippen molar-refractivity contribution in [1.82, 2.24) is 14.9 Å². The quantitative estimate of drug-likeness (QED) is 0.884. The minimum Gasteiger partial charge on any atom is -0.375 e. The zero-order valence-corrected chi connectivity index (χ0v) is 13.1. The number of carbonyl (C=O) groups is 1. The number of ether oxygens (including phenoxy) is 2. The highest BCUT2D eigenvalue weighted by atomic mass is 19.1. The molecule has 2 fully saturated rings. The standard InChI is InChI=1S/C15H21FN4O3/c1-22-9-13(21)20-4-2-3-15(10-20)5-12(8-23-15)19-14-17-6-11(16)7-18-14/h6-7,12H,2-5,8-10H2,1H3,(H,17,18,19)/t12-,15-/m1/s1. The maximum absolute atomic E-state index is 12.8. The van der Waals surface area contributed by atoms with Crippen LogP contribution in [0.2, 0.25) is 0 Å². The van der Waals surface area contributed by atoms with Gasteiger partial charge in [0, 0.05) is 26.6 Å². The van der Waals surface area contributed by atoms with Crippen molar-refractivity contribution in [2.75, 3.05) is 38.7 Å². The minimum absolute atomic E-state index is 0.00606. The average molecular weight is 324 g/mol. The number of rotatable bonds is 4. The van der Waals surface area contributed by atoms with Crippen LogP contribution >= 0.6 is 0 Å². The summed E-state index contributed by atoms with van der Waals surface area (Å²) in [6.07, 6.45) is 4.87. The first kappa shape index (κ1) is 16.1. The highest BCUT2D eigenvalue weighted by molar-refractivity contribution is 5.77. The molecule has 1 N–H and O–H groups in total. The number of likely N-dealkylation sites (tertiary alicyclic amines) is 1. The van der Waals surface area contributed by atoms with E-state index in [0.29, 0.717) is 19.1 Å². The topological polar surface area (TPSA) is 76.6 Å². The van der Waals surface area contributed by atoms with Gasteiger partial charge in [0.25, 0.3) is 0 Å². The molecular formula is C15H21FN4O3. The van der Waals surface area contributed by atoms with Crippen LogP contribution in [-0.2, 0) is 14.3 Å². The van der Waals surface area contributed by atoms with Crippen molar-refractivity contribution in [2.24, 2.45) is 0 Å². The third-order valence-corrected chi connectivity index (χ3v) is 4.32. The molecule has 0 saturated carbocycles. The Kier molecular flexibility index (Phi) is 4.72. The smallest absolute Gasteiger partial charge is 0.248 e. The maximum Gasteiger partial charge on any atom is 0.248 e.